The van der Waals surface area contributed by atoms with E-state index < -0.39 is 13.1 Å². The van der Waals surface area contributed by atoms with E-state index in [1.807, 2.05) is 0 Å². The maximum absolute atomic E-state index is 12.6. The molecule has 0 bridgehead atoms. The molecule has 0 fully saturated rings. The van der Waals surface area contributed by atoms with Gasteiger partial charge in [0.25, 0.3) is 0 Å². The molecule has 0 saturated carbocycles. The minimum absolute atomic E-state index is 0.244. The molecule has 0 amide bonds. The fourth-order valence-electron chi connectivity index (χ4n) is 0.547. The summed E-state index contributed by atoms with van der Waals surface area (Å²) in [6.45, 7) is 0. The number of rotatable bonds is 1. The third-order valence-corrected chi connectivity index (χ3v) is 1.02. The van der Waals surface area contributed by atoms with Gasteiger partial charge < -0.3 is 10.0 Å². The van der Waals surface area contributed by atoms with E-state index in [1.165, 1.54) is 6.07 Å². The molecular formula is C5H5BFNO2. The van der Waals surface area contributed by atoms with Crippen molar-refractivity contribution in [2.75, 3.05) is 0 Å². The van der Waals surface area contributed by atoms with E-state index >= 15 is 0 Å². The Morgan fingerprint density at radius 3 is 2.90 bits per heavy atom. The largest absolute Gasteiger partial charge is 0.493 e. The minimum Gasteiger partial charge on any atom is -0.423 e. The average molecular weight is 142 g/mol. The maximum atomic E-state index is 12.6. The van der Waals surface area contributed by atoms with Gasteiger partial charge in [0, 0.05) is 11.6 Å². The van der Waals surface area contributed by atoms with Crippen LogP contribution in [0, 0.1) is 5.95 Å². The van der Waals surface area contributed by atoms with Crippen LogP contribution in [-0.2, 0) is 0 Å². The first-order chi connectivity index (χ1) is 5.11. The molecule has 0 unspecified atom stereocenters. The van der Waals surface area contributed by atoms with Gasteiger partial charge in [-0.15, -0.1) is 0 Å². The molecule has 0 saturated heterocycles. The highest BCUT2D eigenvalue weighted by Crippen LogP contribution is 1.87. The molecule has 0 aromatic carbocycles. The molecule has 0 radical (unpaired) electrons. The van der Waals surface area contributed by atoms with Crippen LogP contribution in [0.5, 0.6) is 0 Å². The zero-order valence-electron chi connectivity index (χ0n) is 5.95. The fraction of sp³-hybridized carbons (Fsp3) is 0. The Hall–Kier alpha value is -0.935. The highest BCUT2D eigenvalue weighted by Gasteiger charge is 2.15. The summed E-state index contributed by atoms with van der Waals surface area (Å²) in [5, 5.41) is 17.0. The van der Waals surface area contributed by atoms with E-state index in [0.717, 1.165) is 6.07 Å². The summed E-state index contributed by atoms with van der Waals surface area (Å²) in [6, 6.07) is 2.28. The number of halogens is 1. The summed E-state index contributed by atoms with van der Waals surface area (Å²) >= 11 is 0. The Morgan fingerprint density at radius 1 is 1.70 bits per heavy atom. The van der Waals surface area contributed by atoms with E-state index in [9.17, 15) is 4.39 Å². The van der Waals surface area contributed by atoms with Crippen LogP contribution in [0.2, 0.25) is 0 Å². The molecule has 1 heterocycles. The molecule has 2 N–H and O–H groups in total. The standard InChI is InChI=1S/C5H5BFNO2/c7-5-4(6(9)10)2-1-3-8-5/h1-3,9-10H/i3D. The number of nitrogens with zero attached hydrogens (tertiary/aromatic N) is 1. The molecule has 3 nitrogen and oxygen atoms in total. The van der Waals surface area contributed by atoms with Crippen molar-refractivity contribution < 1.29 is 15.8 Å². The molecule has 1 rings (SSSR count). The Bertz CT molecular complexity index is 271. The van der Waals surface area contributed by atoms with Gasteiger partial charge in [0.1, 0.15) is 0 Å². The monoisotopic (exact) mass is 142 g/mol. The van der Waals surface area contributed by atoms with Crippen LogP contribution in [0.25, 0.3) is 0 Å². The lowest BCUT2D eigenvalue weighted by atomic mass is 9.81. The molecule has 0 aliphatic carbocycles. The van der Waals surface area contributed by atoms with E-state index in [2.05, 4.69) is 4.98 Å². The van der Waals surface area contributed by atoms with Gasteiger partial charge in [-0.3, -0.25) is 0 Å². The predicted molar refractivity (Wildman–Crippen MR) is 34.0 cm³/mol. The summed E-state index contributed by atoms with van der Waals surface area (Å²) in [7, 11) is -1.87. The highest BCUT2D eigenvalue weighted by atomic mass is 19.1. The normalized spacial score (nSPS) is 10.9. The Labute approximate surface area is 58.7 Å². The zero-order valence-corrected chi connectivity index (χ0v) is 4.95. The van der Waals surface area contributed by atoms with E-state index in [4.69, 9.17) is 11.4 Å². The number of pyridine rings is 1. The predicted octanol–water partition coefficient (Wildman–Crippen LogP) is -1.10. The van der Waals surface area contributed by atoms with Gasteiger partial charge >= 0.3 is 7.12 Å². The van der Waals surface area contributed by atoms with Crippen molar-refractivity contribution in [2.24, 2.45) is 0 Å². The average Bonchev–Trinajstić information content (AvgIpc) is 1.85. The smallest absolute Gasteiger partial charge is 0.423 e. The van der Waals surface area contributed by atoms with Gasteiger partial charge in [0.2, 0.25) is 5.95 Å². The second-order valence-electron chi connectivity index (χ2n) is 1.69. The molecule has 1 aromatic heterocycles. The van der Waals surface area contributed by atoms with Gasteiger partial charge in [-0.2, -0.15) is 4.39 Å². The van der Waals surface area contributed by atoms with Crippen molar-refractivity contribution in [2.45, 2.75) is 0 Å². The molecule has 0 spiro atoms. The molecule has 1 aromatic rings. The van der Waals surface area contributed by atoms with Gasteiger partial charge in [-0.25, -0.2) is 4.98 Å². The maximum Gasteiger partial charge on any atom is 0.493 e. The summed E-state index contributed by atoms with van der Waals surface area (Å²) in [6.07, 6.45) is -0.244. The van der Waals surface area contributed by atoms with Crippen LogP contribution >= 0.6 is 0 Å². The first-order valence-electron chi connectivity index (χ1n) is 3.10. The van der Waals surface area contributed by atoms with Gasteiger partial charge in [0.15, 0.2) is 0 Å². The van der Waals surface area contributed by atoms with Crippen LogP contribution in [0.4, 0.5) is 4.39 Å². The topological polar surface area (TPSA) is 53.4 Å². The van der Waals surface area contributed by atoms with E-state index in [1.54, 1.807) is 0 Å². The molecule has 0 aliphatic rings. The van der Waals surface area contributed by atoms with Gasteiger partial charge in [0.05, 0.1) is 1.37 Å². The molecular weight excluding hydrogens is 136 g/mol. The van der Waals surface area contributed by atoms with Crippen LogP contribution < -0.4 is 5.46 Å². The van der Waals surface area contributed by atoms with Crippen LogP contribution in [0.15, 0.2) is 18.3 Å². The Morgan fingerprint density at radius 2 is 2.40 bits per heavy atom. The number of hydrogen-bond donors (Lipinski definition) is 2. The van der Waals surface area contributed by atoms with Crippen LogP contribution in [-0.4, -0.2) is 22.2 Å². The third-order valence-electron chi connectivity index (χ3n) is 1.02. The zero-order chi connectivity index (χ0) is 8.43. The molecule has 10 heavy (non-hydrogen) atoms. The quantitative estimate of drug-likeness (QED) is 0.386. The summed E-state index contributed by atoms with van der Waals surface area (Å²) in [4.78, 5) is 3.07. The molecule has 5 heteroatoms. The summed E-state index contributed by atoms with van der Waals surface area (Å²) < 4.78 is 19.4. The Balaban J connectivity index is 3.09. The van der Waals surface area contributed by atoms with Crippen molar-refractivity contribution in [3.63, 3.8) is 0 Å². The lowest BCUT2D eigenvalue weighted by molar-refractivity contribution is 0.422. The van der Waals surface area contributed by atoms with Gasteiger partial charge in [-0.1, -0.05) is 6.07 Å². The number of hydrogen-bond acceptors (Lipinski definition) is 3. The van der Waals surface area contributed by atoms with Crippen molar-refractivity contribution in [1.29, 1.82) is 0 Å². The van der Waals surface area contributed by atoms with E-state index in [-0.39, 0.29) is 11.6 Å². The Kier molecular flexibility index (Phi) is 1.61. The third kappa shape index (κ3) is 1.31. The molecule has 52 valence electrons. The summed E-state index contributed by atoms with van der Waals surface area (Å²) in [5.74, 6) is -1.02. The highest BCUT2D eigenvalue weighted by molar-refractivity contribution is 6.58. The second-order valence-corrected chi connectivity index (χ2v) is 1.69. The van der Waals surface area contributed by atoms with Crippen LogP contribution in [0.3, 0.4) is 0 Å². The molecule has 0 aliphatic heterocycles. The van der Waals surface area contributed by atoms with Crippen molar-refractivity contribution in [3.05, 3.63) is 24.3 Å². The van der Waals surface area contributed by atoms with Crippen molar-refractivity contribution >= 4 is 12.6 Å². The van der Waals surface area contributed by atoms with Crippen LogP contribution in [0.1, 0.15) is 1.37 Å². The van der Waals surface area contributed by atoms with E-state index in [0.29, 0.717) is 0 Å². The van der Waals surface area contributed by atoms with Crippen molar-refractivity contribution in [1.82, 2.24) is 4.98 Å². The first-order valence-corrected chi connectivity index (χ1v) is 2.60. The van der Waals surface area contributed by atoms with Gasteiger partial charge in [-0.05, 0) is 6.07 Å². The molecule has 0 atom stereocenters. The SMILES string of the molecule is [2H]c1ccc(B(O)O)c(F)n1. The van der Waals surface area contributed by atoms with Crippen molar-refractivity contribution in [3.8, 4) is 0 Å². The lowest BCUT2D eigenvalue weighted by Crippen LogP contribution is -2.33. The number of aromatic nitrogens is 1. The summed E-state index contributed by atoms with van der Waals surface area (Å²) in [5.41, 5.74) is -0.319. The fourth-order valence-corrected chi connectivity index (χ4v) is 0.547. The minimum atomic E-state index is -1.87. The second kappa shape index (κ2) is 2.77. The lowest BCUT2D eigenvalue weighted by Gasteiger charge is -1.97. The first kappa shape index (κ1) is 5.82.